The SMILES string of the molecule is CCCn1c(N2CCN(c3ccc(OCC4COC(Cn5cncn5)(c5ccc(Br)s5)O4)cc3)CC2)nc2ccccc21. The van der Waals surface area contributed by atoms with Gasteiger partial charge in [-0.25, -0.2) is 14.6 Å². The number of nitrogens with zero attached hydrogens (tertiary/aromatic N) is 7. The third-order valence-corrected chi connectivity index (χ3v) is 9.67. The van der Waals surface area contributed by atoms with Crippen LogP contribution in [-0.2, 0) is 28.4 Å². The Labute approximate surface area is 262 Å². The second-order valence-electron chi connectivity index (χ2n) is 10.8. The Morgan fingerprint density at radius 1 is 1.02 bits per heavy atom. The van der Waals surface area contributed by atoms with E-state index in [4.69, 9.17) is 19.2 Å². The Hall–Kier alpha value is -3.45. The first-order chi connectivity index (χ1) is 21.1. The van der Waals surface area contributed by atoms with Crippen LogP contribution in [0.5, 0.6) is 5.75 Å². The Kier molecular flexibility index (Phi) is 8.09. The number of ether oxygens (including phenoxy) is 3. The van der Waals surface area contributed by atoms with Crippen molar-refractivity contribution in [3.05, 3.63) is 82.0 Å². The second kappa shape index (κ2) is 12.3. The van der Waals surface area contributed by atoms with Crippen LogP contribution in [0, 0.1) is 0 Å². The largest absolute Gasteiger partial charge is 0.491 e. The van der Waals surface area contributed by atoms with Crippen molar-refractivity contribution >= 4 is 49.9 Å². The number of thiophene rings is 1. The van der Waals surface area contributed by atoms with Gasteiger partial charge in [0.2, 0.25) is 11.7 Å². The number of halogens is 1. The van der Waals surface area contributed by atoms with Gasteiger partial charge in [-0.05, 0) is 70.9 Å². The van der Waals surface area contributed by atoms with E-state index in [0.717, 1.165) is 65.0 Å². The minimum atomic E-state index is -0.926. The molecule has 2 unspecified atom stereocenters. The quantitative estimate of drug-likeness (QED) is 0.193. The fourth-order valence-electron chi connectivity index (χ4n) is 5.84. The highest BCUT2D eigenvalue weighted by Gasteiger charge is 2.45. The maximum absolute atomic E-state index is 6.49. The molecule has 0 amide bonds. The molecule has 2 saturated heterocycles. The lowest BCUT2D eigenvalue weighted by Crippen LogP contribution is -2.47. The van der Waals surface area contributed by atoms with Gasteiger partial charge in [0.1, 0.15) is 37.7 Å². The smallest absolute Gasteiger partial charge is 0.225 e. The lowest BCUT2D eigenvalue weighted by molar-refractivity contribution is -0.188. The Balaban J connectivity index is 0.952. The molecular formula is C31H34BrN7O3S. The number of para-hydroxylation sites is 2. The molecule has 5 aromatic rings. The number of imidazole rings is 1. The second-order valence-corrected chi connectivity index (χ2v) is 13.3. The van der Waals surface area contributed by atoms with E-state index in [-0.39, 0.29) is 6.10 Å². The van der Waals surface area contributed by atoms with Crippen molar-refractivity contribution in [3.63, 3.8) is 0 Å². The molecule has 2 aliphatic rings. The number of anilines is 2. The molecule has 2 aliphatic heterocycles. The number of aromatic nitrogens is 5. The van der Waals surface area contributed by atoms with Gasteiger partial charge < -0.3 is 28.6 Å². The van der Waals surface area contributed by atoms with Crippen molar-refractivity contribution in [1.29, 1.82) is 0 Å². The van der Waals surface area contributed by atoms with Crippen LogP contribution in [0.25, 0.3) is 11.0 Å². The van der Waals surface area contributed by atoms with Gasteiger partial charge in [-0.15, -0.1) is 11.3 Å². The van der Waals surface area contributed by atoms with E-state index in [1.807, 2.05) is 24.3 Å². The molecule has 12 heteroatoms. The zero-order chi connectivity index (χ0) is 29.2. The summed E-state index contributed by atoms with van der Waals surface area (Å²) in [5, 5.41) is 4.26. The summed E-state index contributed by atoms with van der Waals surface area (Å²) in [7, 11) is 0. The Bertz CT molecular complexity index is 1650. The standard InChI is InChI=1S/C31H34BrN7O3S/c1-2-13-39-27-6-4-3-5-26(27)35-30(39)37-16-14-36(15-17-37)23-7-9-24(10-8-23)40-18-25-19-41-31(42-25,20-38-22-33-21-34-38)28-11-12-29(32)43-28/h3-12,21-22,25H,2,13-20H2,1H3. The molecule has 3 aromatic heterocycles. The number of fused-ring (bicyclic) bond motifs is 1. The summed E-state index contributed by atoms with van der Waals surface area (Å²) in [6, 6.07) is 20.8. The minimum absolute atomic E-state index is 0.214. The number of piperazine rings is 1. The van der Waals surface area contributed by atoms with Gasteiger partial charge in [-0.3, -0.25) is 0 Å². The first-order valence-electron chi connectivity index (χ1n) is 14.7. The van der Waals surface area contributed by atoms with Crippen molar-refractivity contribution in [3.8, 4) is 5.75 Å². The van der Waals surface area contributed by atoms with Crippen molar-refractivity contribution in [2.75, 3.05) is 49.2 Å². The van der Waals surface area contributed by atoms with Crippen molar-refractivity contribution in [2.45, 2.75) is 38.3 Å². The van der Waals surface area contributed by atoms with Gasteiger partial charge >= 0.3 is 0 Å². The van der Waals surface area contributed by atoms with Crippen molar-refractivity contribution < 1.29 is 14.2 Å². The highest BCUT2D eigenvalue weighted by atomic mass is 79.9. The zero-order valence-corrected chi connectivity index (χ0v) is 26.4. The molecule has 0 aliphatic carbocycles. The number of hydrogen-bond acceptors (Lipinski definition) is 9. The molecule has 0 N–H and O–H groups in total. The number of rotatable bonds is 10. The molecule has 2 aromatic carbocycles. The molecule has 224 valence electrons. The molecule has 0 saturated carbocycles. The fraction of sp³-hybridized carbons (Fsp3) is 0.387. The van der Waals surface area contributed by atoms with E-state index in [1.165, 1.54) is 17.5 Å². The van der Waals surface area contributed by atoms with E-state index in [2.05, 4.69) is 83.7 Å². The molecular weight excluding hydrogens is 630 g/mol. The Morgan fingerprint density at radius 2 is 1.84 bits per heavy atom. The molecule has 2 atom stereocenters. The number of aryl methyl sites for hydroxylation is 1. The number of benzene rings is 2. The third-order valence-electron chi connectivity index (χ3n) is 7.93. The van der Waals surface area contributed by atoms with E-state index in [0.29, 0.717) is 19.8 Å². The summed E-state index contributed by atoms with van der Waals surface area (Å²) in [5.41, 5.74) is 3.48. The molecule has 0 bridgehead atoms. The lowest BCUT2D eigenvalue weighted by atomic mass is 10.2. The Morgan fingerprint density at radius 3 is 2.58 bits per heavy atom. The van der Waals surface area contributed by atoms with Gasteiger partial charge in [0, 0.05) is 38.4 Å². The topological polar surface area (TPSA) is 82.7 Å². The van der Waals surface area contributed by atoms with E-state index in [1.54, 1.807) is 22.3 Å². The summed E-state index contributed by atoms with van der Waals surface area (Å²) >= 11 is 5.15. The van der Waals surface area contributed by atoms with Crippen LogP contribution in [0.1, 0.15) is 18.2 Å². The van der Waals surface area contributed by atoms with E-state index in [9.17, 15) is 0 Å². The summed E-state index contributed by atoms with van der Waals surface area (Å²) < 4.78 is 24.0. The van der Waals surface area contributed by atoms with Gasteiger partial charge in [0.05, 0.1) is 26.3 Å². The van der Waals surface area contributed by atoms with Crippen molar-refractivity contribution in [1.82, 2.24) is 24.3 Å². The van der Waals surface area contributed by atoms with E-state index < -0.39 is 5.79 Å². The number of hydrogen-bond donors (Lipinski definition) is 0. The average Bonchev–Trinajstić information content (AvgIpc) is 3.85. The summed E-state index contributed by atoms with van der Waals surface area (Å²) in [6.07, 6.45) is 4.06. The monoisotopic (exact) mass is 663 g/mol. The van der Waals surface area contributed by atoms with Crippen LogP contribution < -0.4 is 14.5 Å². The summed E-state index contributed by atoms with van der Waals surface area (Å²) in [4.78, 5) is 14.9. The lowest BCUT2D eigenvalue weighted by Gasteiger charge is -2.36. The third kappa shape index (κ3) is 5.88. The predicted molar refractivity (Wildman–Crippen MR) is 171 cm³/mol. The molecule has 0 spiro atoms. The first kappa shape index (κ1) is 28.3. The van der Waals surface area contributed by atoms with Gasteiger partial charge in [0.25, 0.3) is 0 Å². The van der Waals surface area contributed by atoms with E-state index >= 15 is 0 Å². The van der Waals surface area contributed by atoms with Gasteiger partial charge in [-0.2, -0.15) is 5.10 Å². The van der Waals surface area contributed by atoms with Gasteiger partial charge in [0.15, 0.2) is 0 Å². The molecule has 2 fully saturated rings. The normalized spacial score (nSPS) is 20.7. The van der Waals surface area contributed by atoms with Gasteiger partial charge in [-0.1, -0.05) is 19.1 Å². The van der Waals surface area contributed by atoms with Crippen LogP contribution in [0.3, 0.4) is 0 Å². The molecule has 10 nitrogen and oxygen atoms in total. The average molecular weight is 665 g/mol. The molecule has 43 heavy (non-hydrogen) atoms. The van der Waals surface area contributed by atoms with Crippen LogP contribution in [-0.4, -0.2) is 69.8 Å². The maximum atomic E-state index is 6.49. The predicted octanol–water partition coefficient (Wildman–Crippen LogP) is 5.54. The highest BCUT2D eigenvalue weighted by Crippen LogP contribution is 2.41. The summed E-state index contributed by atoms with van der Waals surface area (Å²) in [5.74, 6) is 0.971. The highest BCUT2D eigenvalue weighted by molar-refractivity contribution is 9.11. The molecule has 7 rings (SSSR count). The van der Waals surface area contributed by atoms with Crippen LogP contribution in [0.4, 0.5) is 11.6 Å². The molecule has 5 heterocycles. The van der Waals surface area contributed by atoms with Crippen LogP contribution >= 0.6 is 27.3 Å². The first-order valence-corrected chi connectivity index (χ1v) is 16.3. The van der Waals surface area contributed by atoms with Crippen LogP contribution in [0.2, 0.25) is 0 Å². The van der Waals surface area contributed by atoms with Crippen molar-refractivity contribution in [2.24, 2.45) is 0 Å². The minimum Gasteiger partial charge on any atom is -0.491 e. The zero-order valence-electron chi connectivity index (χ0n) is 24.0. The van der Waals surface area contributed by atoms with Crippen LogP contribution in [0.15, 0.2) is 77.1 Å². The molecule has 0 radical (unpaired) electrons. The fourth-order valence-corrected chi connectivity index (χ4v) is 7.30. The summed E-state index contributed by atoms with van der Waals surface area (Å²) in [6.45, 7) is 8.17. The maximum Gasteiger partial charge on any atom is 0.225 e.